The molecule has 2 N–H and O–H groups in total. The van der Waals surface area contributed by atoms with E-state index in [1.807, 2.05) is 13.8 Å². The summed E-state index contributed by atoms with van der Waals surface area (Å²) in [7, 11) is -3.50. The number of thiazole rings is 1. The van der Waals surface area contributed by atoms with Crippen LogP contribution >= 0.6 is 22.9 Å². The van der Waals surface area contributed by atoms with Crippen LogP contribution in [0.1, 0.15) is 15.6 Å². The van der Waals surface area contributed by atoms with Gasteiger partial charge in [0.1, 0.15) is 10.8 Å². The van der Waals surface area contributed by atoms with Gasteiger partial charge in [0.15, 0.2) is 9.84 Å². The van der Waals surface area contributed by atoms with Crippen molar-refractivity contribution in [3.63, 3.8) is 0 Å². The van der Waals surface area contributed by atoms with Crippen molar-refractivity contribution in [2.45, 2.75) is 24.5 Å². The summed E-state index contributed by atoms with van der Waals surface area (Å²) in [5, 5.41) is 0.716. The lowest BCUT2D eigenvalue weighted by Gasteiger charge is -2.05. The lowest BCUT2D eigenvalue weighted by atomic mass is 10.3. The molecule has 0 saturated carbocycles. The average molecular weight is 317 g/mol. The van der Waals surface area contributed by atoms with Crippen LogP contribution in [0, 0.1) is 13.8 Å². The molecule has 0 bridgehead atoms. The number of anilines is 1. The van der Waals surface area contributed by atoms with Gasteiger partial charge in [-0.1, -0.05) is 11.6 Å². The fourth-order valence-electron chi connectivity index (χ4n) is 1.61. The topological polar surface area (TPSA) is 73.0 Å². The Morgan fingerprint density at radius 1 is 1.37 bits per heavy atom. The summed E-state index contributed by atoms with van der Waals surface area (Å²) in [4.78, 5) is 5.35. The highest BCUT2D eigenvalue weighted by Crippen LogP contribution is 2.28. The van der Waals surface area contributed by atoms with Crippen LogP contribution in [0.25, 0.3) is 0 Å². The smallest absolute Gasteiger partial charge is 0.186 e. The van der Waals surface area contributed by atoms with Gasteiger partial charge in [-0.15, -0.1) is 11.3 Å². The summed E-state index contributed by atoms with van der Waals surface area (Å²) in [5.74, 6) is -0.143. The molecule has 0 amide bonds. The molecule has 0 aliphatic heterocycles. The third-order valence-electron chi connectivity index (χ3n) is 2.68. The number of hydrogen-bond acceptors (Lipinski definition) is 5. The van der Waals surface area contributed by atoms with Crippen LogP contribution in [0.2, 0.25) is 5.02 Å². The van der Waals surface area contributed by atoms with Gasteiger partial charge < -0.3 is 5.73 Å². The lowest BCUT2D eigenvalue weighted by molar-refractivity contribution is 0.595. The SMILES string of the molecule is Cc1nc(CS(=O)(=O)c2ccc(N)cc2Cl)sc1C. The van der Waals surface area contributed by atoms with Gasteiger partial charge in [-0.2, -0.15) is 0 Å². The zero-order valence-corrected chi connectivity index (χ0v) is 12.9. The van der Waals surface area contributed by atoms with Gasteiger partial charge in [0, 0.05) is 10.6 Å². The molecule has 102 valence electrons. The maximum atomic E-state index is 12.3. The Bertz CT molecular complexity index is 704. The maximum Gasteiger partial charge on any atom is 0.186 e. The van der Waals surface area contributed by atoms with Crippen LogP contribution in [0.5, 0.6) is 0 Å². The predicted octanol–water partition coefficient (Wildman–Crippen LogP) is 2.97. The van der Waals surface area contributed by atoms with Gasteiger partial charge in [-0.3, -0.25) is 0 Å². The number of nitrogens with zero attached hydrogens (tertiary/aromatic N) is 1. The van der Waals surface area contributed by atoms with E-state index < -0.39 is 9.84 Å². The van der Waals surface area contributed by atoms with E-state index in [1.54, 1.807) is 0 Å². The van der Waals surface area contributed by atoms with Gasteiger partial charge in [-0.25, -0.2) is 13.4 Å². The van der Waals surface area contributed by atoms with Crippen molar-refractivity contribution in [2.24, 2.45) is 0 Å². The van der Waals surface area contributed by atoms with Crippen molar-refractivity contribution in [1.29, 1.82) is 0 Å². The molecule has 1 aromatic heterocycles. The van der Waals surface area contributed by atoms with Crippen molar-refractivity contribution in [2.75, 3.05) is 5.73 Å². The first kappa shape index (κ1) is 14.3. The van der Waals surface area contributed by atoms with Gasteiger partial charge in [-0.05, 0) is 32.0 Å². The van der Waals surface area contributed by atoms with Crippen LogP contribution in [-0.4, -0.2) is 13.4 Å². The first-order valence-electron chi connectivity index (χ1n) is 5.50. The Balaban J connectivity index is 2.37. The number of sulfone groups is 1. The number of aromatic nitrogens is 1. The highest BCUT2D eigenvalue weighted by atomic mass is 35.5. The van der Waals surface area contributed by atoms with Crippen molar-refractivity contribution in [1.82, 2.24) is 4.98 Å². The number of nitrogen functional groups attached to an aromatic ring is 1. The van der Waals surface area contributed by atoms with E-state index in [-0.39, 0.29) is 15.7 Å². The molecule has 0 radical (unpaired) electrons. The summed E-state index contributed by atoms with van der Waals surface area (Å²) >= 11 is 7.33. The molecule has 0 aliphatic carbocycles. The van der Waals surface area contributed by atoms with Crippen LogP contribution in [-0.2, 0) is 15.6 Å². The standard InChI is InChI=1S/C12H13ClN2O2S2/c1-7-8(2)18-12(15-7)6-19(16,17)11-4-3-9(14)5-10(11)13/h3-5H,6,14H2,1-2H3. The lowest BCUT2D eigenvalue weighted by Crippen LogP contribution is -2.06. The number of hydrogen-bond donors (Lipinski definition) is 1. The molecular weight excluding hydrogens is 304 g/mol. The Morgan fingerprint density at radius 3 is 2.58 bits per heavy atom. The van der Waals surface area contributed by atoms with Crippen LogP contribution in [0.15, 0.2) is 23.1 Å². The quantitative estimate of drug-likeness (QED) is 0.883. The average Bonchev–Trinajstić information content (AvgIpc) is 2.56. The molecule has 0 spiro atoms. The fraction of sp³-hybridized carbons (Fsp3) is 0.250. The molecule has 0 fully saturated rings. The Labute approximate surface area is 121 Å². The van der Waals surface area contributed by atoms with E-state index in [0.717, 1.165) is 10.6 Å². The molecule has 1 aromatic carbocycles. The summed E-state index contributed by atoms with van der Waals surface area (Å²) < 4.78 is 24.6. The highest BCUT2D eigenvalue weighted by molar-refractivity contribution is 7.90. The van der Waals surface area contributed by atoms with E-state index in [2.05, 4.69) is 4.98 Å². The molecule has 2 rings (SSSR count). The van der Waals surface area contributed by atoms with Crippen molar-refractivity contribution < 1.29 is 8.42 Å². The molecule has 0 saturated heterocycles. The van der Waals surface area contributed by atoms with Gasteiger partial charge in [0.2, 0.25) is 0 Å². The predicted molar refractivity (Wildman–Crippen MR) is 78.3 cm³/mol. The van der Waals surface area contributed by atoms with Crippen molar-refractivity contribution >= 4 is 38.5 Å². The summed E-state index contributed by atoms with van der Waals surface area (Å²) in [6.07, 6.45) is 0. The summed E-state index contributed by atoms with van der Waals surface area (Å²) in [6, 6.07) is 4.39. The number of benzene rings is 1. The summed E-state index contributed by atoms with van der Waals surface area (Å²) in [5.41, 5.74) is 6.85. The van der Waals surface area contributed by atoms with E-state index in [1.165, 1.54) is 29.5 Å². The van der Waals surface area contributed by atoms with Crippen LogP contribution in [0.4, 0.5) is 5.69 Å². The van der Waals surface area contributed by atoms with Gasteiger partial charge in [0.25, 0.3) is 0 Å². The van der Waals surface area contributed by atoms with Crippen molar-refractivity contribution in [3.05, 3.63) is 38.8 Å². The third-order valence-corrected chi connectivity index (χ3v) is 6.04. The first-order valence-corrected chi connectivity index (χ1v) is 8.35. The minimum absolute atomic E-state index is 0.0915. The molecule has 0 aliphatic rings. The normalized spacial score (nSPS) is 11.7. The number of nitrogens with two attached hydrogens (primary N) is 1. The molecule has 0 atom stereocenters. The number of rotatable bonds is 3. The molecule has 1 heterocycles. The largest absolute Gasteiger partial charge is 0.399 e. The van der Waals surface area contributed by atoms with Crippen LogP contribution < -0.4 is 5.73 Å². The molecule has 4 nitrogen and oxygen atoms in total. The minimum Gasteiger partial charge on any atom is -0.399 e. The Morgan fingerprint density at radius 2 is 2.05 bits per heavy atom. The van der Waals surface area contributed by atoms with Crippen molar-refractivity contribution in [3.8, 4) is 0 Å². The second-order valence-electron chi connectivity index (χ2n) is 4.20. The Hall–Kier alpha value is -1.11. The molecule has 2 aromatic rings. The molecular formula is C12H13ClN2O2S2. The van der Waals surface area contributed by atoms with E-state index in [4.69, 9.17) is 17.3 Å². The second kappa shape index (κ2) is 5.11. The monoisotopic (exact) mass is 316 g/mol. The van der Waals surface area contributed by atoms with Crippen LogP contribution in [0.3, 0.4) is 0 Å². The second-order valence-corrected chi connectivity index (χ2v) is 7.85. The zero-order valence-electron chi connectivity index (χ0n) is 10.5. The summed E-state index contributed by atoms with van der Waals surface area (Å²) in [6.45, 7) is 3.78. The number of aryl methyl sites for hydroxylation is 2. The maximum absolute atomic E-state index is 12.3. The van der Waals surface area contributed by atoms with E-state index in [9.17, 15) is 8.42 Å². The van der Waals surface area contributed by atoms with Gasteiger partial charge >= 0.3 is 0 Å². The van der Waals surface area contributed by atoms with E-state index in [0.29, 0.717) is 10.7 Å². The minimum atomic E-state index is -3.50. The Kier molecular flexibility index (Phi) is 3.85. The molecule has 19 heavy (non-hydrogen) atoms. The van der Waals surface area contributed by atoms with Gasteiger partial charge in [0.05, 0.1) is 15.6 Å². The first-order chi connectivity index (χ1) is 8.79. The fourth-order valence-corrected chi connectivity index (χ4v) is 4.76. The third kappa shape index (κ3) is 3.08. The molecule has 0 unspecified atom stereocenters. The van der Waals surface area contributed by atoms with E-state index >= 15 is 0 Å². The number of halogens is 1. The molecule has 7 heteroatoms. The highest BCUT2D eigenvalue weighted by Gasteiger charge is 2.21. The zero-order chi connectivity index (χ0) is 14.2.